The van der Waals surface area contributed by atoms with Crippen molar-refractivity contribution in [1.82, 2.24) is 4.98 Å². The highest BCUT2D eigenvalue weighted by Crippen LogP contribution is 2.07. The van der Waals surface area contributed by atoms with Gasteiger partial charge in [-0.1, -0.05) is 0 Å². The van der Waals surface area contributed by atoms with Gasteiger partial charge in [0.05, 0.1) is 0 Å². The molecule has 1 aromatic rings. The van der Waals surface area contributed by atoms with Gasteiger partial charge in [-0.15, -0.1) is 0 Å². The maximum absolute atomic E-state index is 10.6. The second-order valence-electron chi connectivity index (χ2n) is 2.15. The number of nitrogens with zero attached hydrogens (tertiary/aromatic N) is 1. The maximum Gasteiger partial charge on any atom is 0.221 e. The van der Waals surface area contributed by atoms with E-state index in [1.807, 2.05) is 0 Å². The topological polar surface area (TPSA) is 68.0 Å². The standard InChI is InChI=1S/C7H9N3O/c1-5(11)10-6-2-3-9-7(8)4-6/h2-4H,1H3,(H3,8,9,10,11). The molecule has 1 heterocycles. The van der Waals surface area contributed by atoms with Gasteiger partial charge in [0.2, 0.25) is 5.91 Å². The van der Waals surface area contributed by atoms with Crippen LogP contribution >= 0.6 is 0 Å². The van der Waals surface area contributed by atoms with E-state index in [1.165, 1.54) is 6.92 Å². The number of amides is 1. The van der Waals surface area contributed by atoms with E-state index in [4.69, 9.17) is 5.73 Å². The Balaban J connectivity index is 2.79. The molecule has 0 spiro atoms. The Bertz CT molecular complexity index is 272. The van der Waals surface area contributed by atoms with E-state index >= 15 is 0 Å². The van der Waals surface area contributed by atoms with Crippen LogP contribution in [0.2, 0.25) is 0 Å². The van der Waals surface area contributed by atoms with Gasteiger partial charge in [-0.05, 0) is 6.07 Å². The lowest BCUT2D eigenvalue weighted by atomic mass is 10.4. The molecular weight excluding hydrogens is 142 g/mol. The van der Waals surface area contributed by atoms with Crippen LogP contribution in [0, 0.1) is 0 Å². The minimum atomic E-state index is -0.115. The number of pyridine rings is 1. The molecule has 0 saturated carbocycles. The van der Waals surface area contributed by atoms with Gasteiger partial charge in [-0.3, -0.25) is 4.79 Å². The zero-order valence-corrected chi connectivity index (χ0v) is 6.16. The van der Waals surface area contributed by atoms with E-state index in [-0.39, 0.29) is 5.91 Å². The first-order chi connectivity index (χ1) is 5.18. The fourth-order valence-electron chi connectivity index (χ4n) is 0.729. The lowest BCUT2D eigenvalue weighted by molar-refractivity contribution is -0.114. The number of hydrogen-bond donors (Lipinski definition) is 2. The van der Waals surface area contributed by atoms with Crippen LogP contribution in [0.4, 0.5) is 11.5 Å². The molecule has 0 unspecified atom stereocenters. The molecule has 0 bridgehead atoms. The highest BCUT2D eigenvalue weighted by Gasteiger charge is 1.94. The number of nitrogen functional groups attached to an aromatic ring is 1. The van der Waals surface area contributed by atoms with Gasteiger partial charge in [0.25, 0.3) is 0 Å². The predicted molar refractivity (Wildman–Crippen MR) is 43.0 cm³/mol. The molecule has 3 N–H and O–H groups in total. The van der Waals surface area contributed by atoms with Gasteiger partial charge >= 0.3 is 0 Å². The summed E-state index contributed by atoms with van der Waals surface area (Å²) in [7, 11) is 0. The van der Waals surface area contributed by atoms with Gasteiger partial charge in [-0.25, -0.2) is 4.98 Å². The molecule has 1 amide bonds. The smallest absolute Gasteiger partial charge is 0.221 e. The SMILES string of the molecule is CC(=O)Nc1ccnc(N)c1. The molecule has 11 heavy (non-hydrogen) atoms. The first kappa shape index (κ1) is 7.53. The van der Waals surface area contributed by atoms with Gasteiger partial charge in [-0.2, -0.15) is 0 Å². The first-order valence-electron chi connectivity index (χ1n) is 3.17. The van der Waals surface area contributed by atoms with Crippen molar-refractivity contribution in [3.63, 3.8) is 0 Å². The Labute approximate surface area is 64.4 Å². The quantitative estimate of drug-likeness (QED) is 0.618. The van der Waals surface area contributed by atoms with E-state index in [0.29, 0.717) is 11.5 Å². The third kappa shape index (κ3) is 2.25. The average molecular weight is 151 g/mol. The van der Waals surface area contributed by atoms with Crippen molar-refractivity contribution in [2.75, 3.05) is 11.1 Å². The normalized spacial score (nSPS) is 9.18. The molecule has 0 fully saturated rings. The molecule has 0 radical (unpaired) electrons. The third-order valence-corrected chi connectivity index (χ3v) is 1.10. The lowest BCUT2D eigenvalue weighted by Gasteiger charge is -2.00. The van der Waals surface area contributed by atoms with Gasteiger partial charge < -0.3 is 11.1 Å². The number of rotatable bonds is 1. The van der Waals surface area contributed by atoms with Crippen LogP contribution in [0.15, 0.2) is 18.3 Å². The van der Waals surface area contributed by atoms with Crippen LogP contribution < -0.4 is 11.1 Å². The Hall–Kier alpha value is -1.58. The molecule has 4 nitrogen and oxygen atoms in total. The van der Waals surface area contributed by atoms with Crippen molar-refractivity contribution in [3.05, 3.63) is 18.3 Å². The van der Waals surface area contributed by atoms with Crippen LogP contribution in [0.1, 0.15) is 6.92 Å². The first-order valence-corrected chi connectivity index (χ1v) is 3.17. The van der Waals surface area contributed by atoms with E-state index < -0.39 is 0 Å². The summed E-state index contributed by atoms with van der Waals surface area (Å²) in [5.41, 5.74) is 6.04. The average Bonchev–Trinajstić information content (AvgIpc) is 1.85. The summed E-state index contributed by atoms with van der Waals surface area (Å²) in [6.45, 7) is 1.44. The number of carbonyl (C=O) groups is 1. The number of aromatic nitrogens is 1. The highest BCUT2D eigenvalue weighted by molar-refractivity contribution is 5.88. The van der Waals surface area contributed by atoms with Crippen molar-refractivity contribution in [2.45, 2.75) is 6.92 Å². The third-order valence-electron chi connectivity index (χ3n) is 1.10. The number of carbonyl (C=O) groups excluding carboxylic acids is 1. The van der Waals surface area contributed by atoms with Crippen LogP contribution in [-0.4, -0.2) is 10.9 Å². The summed E-state index contributed by atoms with van der Waals surface area (Å²) in [5.74, 6) is 0.284. The van der Waals surface area contributed by atoms with Gasteiger partial charge in [0.15, 0.2) is 0 Å². The number of hydrogen-bond acceptors (Lipinski definition) is 3. The largest absolute Gasteiger partial charge is 0.384 e. The molecule has 0 atom stereocenters. The fraction of sp³-hybridized carbons (Fsp3) is 0.143. The summed E-state index contributed by atoms with van der Waals surface area (Å²) in [4.78, 5) is 14.3. The van der Waals surface area contributed by atoms with Crippen LogP contribution in [-0.2, 0) is 4.79 Å². The molecule has 0 saturated heterocycles. The van der Waals surface area contributed by atoms with Crippen molar-refractivity contribution in [2.24, 2.45) is 0 Å². The summed E-state index contributed by atoms with van der Waals surface area (Å²) >= 11 is 0. The molecule has 0 aromatic carbocycles. The zero-order valence-electron chi connectivity index (χ0n) is 6.16. The molecular formula is C7H9N3O. The van der Waals surface area contributed by atoms with E-state index in [2.05, 4.69) is 10.3 Å². The summed E-state index contributed by atoms with van der Waals surface area (Å²) in [6.07, 6.45) is 1.54. The molecule has 0 aliphatic rings. The number of nitrogens with two attached hydrogens (primary N) is 1. The minimum Gasteiger partial charge on any atom is -0.384 e. The van der Waals surface area contributed by atoms with Crippen molar-refractivity contribution in [3.8, 4) is 0 Å². The van der Waals surface area contributed by atoms with Crippen molar-refractivity contribution >= 4 is 17.4 Å². The Morgan fingerprint density at radius 2 is 2.45 bits per heavy atom. The molecule has 1 rings (SSSR count). The predicted octanol–water partition coefficient (Wildman–Crippen LogP) is 0.622. The van der Waals surface area contributed by atoms with Crippen molar-refractivity contribution in [1.29, 1.82) is 0 Å². The van der Waals surface area contributed by atoms with E-state index in [9.17, 15) is 4.79 Å². The summed E-state index contributed by atoms with van der Waals surface area (Å²) in [5, 5.41) is 2.59. The van der Waals surface area contributed by atoms with Crippen molar-refractivity contribution < 1.29 is 4.79 Å². The molecule has 1 aromatic heterocycles. The second-order valence-corrected chi connectivity index (χ2v) is 2.15. The lowest BCUT2D eigenvalue weighted by Crippen LogP contribution is -2.06. The Morgan fingerprint density at radius 1 is 1.73 bits per heavy atom. The Morgan fingerprint density at radius 3 is 3.00 bits per heavy atom. The van der Waals surface area contributed by atoms with Gasteiger partial charge in [0, 0.05) is 24.9 Å². The fourth-order valence-corrected chi connectivity index (χ4v) is 0.729. The van der Waals surface area contributed by atoms with E-state index in [1.54, 1.807) is 18.3 Å². The van der Waals surface area contributed by atoms with E-state index in [0.717, 1.165) is 0 Å². The van der Waals surface area contributed by atoms with Gasteiger partial charge in [0.1, 0.15) is 5.82 Å². The van der Waals surface area contributed by atoms with Crippen LogP contribution in [0.25, 0.3) is 0 Å². The minimum absolute atomic E-state index is 0.115. The maximum atomic E-state index is 10.6. The van der Waals surface area contributed by atoms with Crippen LogP contribution in [0.3, 0.4) is 0 Å². The summed E-state index contributed by atoms with van der Waals surface area (Å²) in [6, 6.07) is 3.28. The number of nitrogens with one attached hydrogen (secondary N) is 1. The highest BCUT2D eigenvalue weighted by atomic mass is 16.1. The second kappa shape index (κ2) is 3.01. The Kier molecular flexibility index (Phi) is 2.06. The molecule has 0 aliphatic heterocycles. The zero-order chi connectivity index (χ0) is 8.27. The molecule has 58 valence electrons. The summed E-state index contributed by atoms with van der Waals surface area (Å²) < 4.78 is 0. The molecule has 0 aliphatic carbocycles. The monoisotopic (exact) mass is 151 g/mol. The molecule has 4 heteroatoms. The number of anilines is 2. The van der Waals surface area contributed by atoms with Crippen LogP contribution in [0.5, 0.6) is 0 Å².